The van der Waals surface area contributed by atoms with Gasteiger partial charge in [0.15, 0.2) is 0 Å². The SMILES string of the molecule is O=C(O)c1ccncc1N1C(=O)c2ccncc2C1=O. The summed E-state index contributed by atoms with van der Waals surface area (Å²) in [6.45, 7) is 0. The van der Waals surface area contributed by atoms with Crippen molar-refractivity contribution in [2.24, 2.45) is 0 Å². The molecule has 0 spiro atoms. The summed E-state index contributed by atoms with van der Waals surface area (Å²) in [7, 11) is 0. The summed E-state index contributed by atoms with van der Waals surface area (Å²) in [5.41, 5.74) is 0.136. The van der Waals surface area contributed by atoms with E-state index in [2.05, 4.69) is 9.97 Å². The Labute approximate surface area is 112 Å². The average molecular weight is 269 g/mol. The number of aromatic carboxylic acids is 1. The summed E-state index contributed by atoms with van der Waals surface area (Å²) in [6, 6.07) is 2.66. The molecule has 1 aliphatic heterocycles. The fraction of sp³-hybridized carbons (Fsp3) is 0. The number of carbonyl (C=O) groups is 3. The second-order valence-corrected chi connectivity index (χ2v) is 4.06. The molecule has 0 aliphatic carbocycles. The van der Waals surface area contributed by atoms with Crippen LogP contribution in [0.3, 0.4) is 0 Å². The highest BCUT2D eigenvalue weighted by molar-refractivity contribution is 6.35. The number of amides is 2. The molecule has 1 N–H and O–H groups in total. The van der Waals surface area contributed by atoms with Crippen LogP contribution in [-0.2, 0) is 0 Å². The van der Waals surface area contributed by atoms with E-state index in [0.29, 0.717) is 0 Å². The molecule has 3 rings (SSSR count). The van der Waals surface area contributed by atoms with Gasteiger partial charge in [0.1, 0.15) is 0 Å². The second-order valence-electron chi connectivity index (χ2n) is 4.06. The van der Waals surface area contributed by atoms with Gasteiger partial charge in [-0.05, 0) is 12.1 Å². The lowest BCUT2D eigenvalue weighted by Crippen LogP contribution is -2.31. The number of pyridine rings is 2. The van der Waals surface area contributed by atoms with Crippen LogP contribution in [-0.4, -0.2) is 32.9 Å². The summed E-state index contributed by atoms with van der Waals surface area (Å²) in [6.07, 6.45) is 5.15. The first-order chi connectivity index (χ1) is 9.61. The van der Waals surface area contributed by atoms with Crippen molar-refractivity contribution in [3.05, 3.63) is 53.6 Å². The van der Waals surface area contributed by atoms with E-state index in [0.717, 1.165) is 4.90 Å². The van der Waals surface area contributed by atoms with Crippen LogP contribution < -0.4 is 4.90 Å². The van der Waals surface area contributed by atoms with Crippen LogP contribution >= 0.6 is 0 Å². The number of rotatable bonds is 2. The van der Waals surface area contributed by atoms with Gasteiger partial charge in [-0.1, -0.05) is 0 Å². The van der Waals surface area contributed by atoms with Crippen LogP contribution in [0.15, 0.2) is 36.9 Å². The normalized spacial score (nSPS) is 13.5. The minimum atomic E-state index is -1.24. The number of imide groups is 1. The monoisotopic (exact) mass is 269 g/mol. The smallest absolute Gasteiger partial charge is 0.337 e. The lowest BCUT2D eigenvalue weighted by atomic mass is 10.2. The number of fused-ring (bicyclic) bond motifs is 1. The van der Waals surface area contributed by atoms with E-state index in [9.17, 15) is 14.4 Å². The zero-order valence-electron chi connectivity index (χ0n) is 9.98. The van der Waals surface area contributed by atoms with E-state index >= 15 is 0 Å². The molecule has 98 valence electrons. The number of nitrogens with zero attached hydrogens (tertiary/aromatic N) is 3. The van der Waals surface area contributed by atoms with E-state index in [1.807, 2.05) is 0 Å². The van der Waals surface area contributed by atoms with Gasteiger partial charge in [-0.2, -0.15) is 0 Å². The lowest BCUT2D eigenvalue weighted by Gasteiger charge is -2.15. The Morgan fingerprint density at radius 1 is 1.00 bits per heavy atom. The highest BCUT2D eigenvalue weighted by atomic mass is 16.4. The Hall–Kier alpha value is -3.09. The summed E-state index contributed by atoms with van der Waals surface area (Å²) in [5, 5.41) is 9.13. The molecule has 2 aromatic rings. The molecule has 0 radical (unpaired) electrons. The fourth-order valence-electron chi connectivity index (χ4n) is 2.05. The first-order valence-corrected chi connectivity index (χ1v) is 5.61. The molecular formula is C13H7N3O4. The van der Waals surface area contributed by atoms with E-state index < -0.39 is 17.8 Å². The molecule has 2 amide bonds. The number of carboxylic acid groups (broad SMARTS) is 1. The van der Waals surface area contributed by atoms with Crippen molar-refractivity contribution in [3.63, 3.8) is 0 Å². The molecule has 0 bridgehead atoms. The van der Waals surface area contributed by atoms with Gasteiger partial charge in [0.05, 0.1) is 28.6 Å². The minimum Gasteiger partial charge on any atom is -0.478 e. The predicted molar refractivity (Wildman–Crippen MR) is 66.6 cm³/mol. The minimum absolute atomic E-state index is 0.0498. The Morgan fingerprint density at radius 2 is 1.65 bits per heavy atom. The van der Waals surface area contributed by atoms with Crippen LogP contribution in [0.2, 0.25) is 0 Å². The molecule has 7 heteroatoms. The van der Waals surface area contributed by atoms with Gasteiger partial charge in [-0.15, -0.1) is 0 Å². The van der Waals surface area contributed by atoms with Crippen molar-refractivity contribution in [3.8, 4) is 0 Å². The zero-order valence-corrected chi connectivity index (χ0v) is 9.98. The van der Waals surface area contributed by atoms with Crippen molar-refractivity contribution in [1.82, 2.24) is 9.97 Å². The van der Waals surface area contributed by atoms with E-state index in [1.165, 1.54) is 36.9 Å². The van der Waals surface area contributed by atoms with Gasteiger partial charge in [0, 0.05) is 18.6 Å². The standard InChI is InChI=1S/C13H7N3O4/c17-11-7-1-3-14-5-9(7)12(18)16(11)10-6-15-4-2-8(10)13(19)20/h1-6H,(H,19,20). The van der Waals surface area contributed by atoms with Crippen molar-refractivity contribution < 1.29 is 19.5 Å². The third kappa shape index (κ3) is 1.57. The third-order valence-electron chi connectivity index (χ3n) is 2.96. The number of hydrogen-bond donors (Lipinski definition) is 1. The number of carbonyl (C=O) groups excluding carboxylic acids is 2. The molecule has 0 atom stereocenters. The van der Waals surface area contributed by atoms with Crippen molar-refractivity contribution in [2.75, 3.05) is 4.90 Å². The third-order valence-corrected chi connectivity index (χ3v) is 2.96. The quantitative estimate of drug-likeness (QED) is 0.815. The molecule has 1 aliphatic rings. The number of anilines is 1. The summed E-state index contributed by atoms with van der Waals surface area (Å²) < 4.78 is 0. The maximum atomic E-state index is 12.2. The van der Waals surface area contributed by atoms with Crippen molar-refractivity contribution >= 4 is 23.5 Å². The molecular weight excluding hydrogens is 262 g/mol. The molecule has 0 saturated carbocycles. The summed E-state index contributed by atoms with van der Waals surface area (Å²) in [5.74, 6) is -2.42. The molecule has 7 nitrogen and oxygen atoms in total. The zero-order chi connectivity index (χ0) is 14.3. The van der Waals surface area contributed by atoms with Gasteiger partial charge in [-0.25, -0.2) is 9.69 Å². The molecule has 0 aromatic carbocycles. The van der Waals surface area contributed by atoms with Crippen molar-refractivity contribution in [2.45, 2.75) is 0 Å². The van der Waals surface area contributed by atoms with Crippen LogP contribution in [0, 0.1) is 0 Å². The van der Waals surface area contributed by atoms with Gasteiger partial charge in [-0.3, -0.25) is 19.6 Å². The van der Waals surface area contributed by atoms with E-state index in [-0.39, 0.29) is 22.4 Å². The first kappa shape index (κ1) is 12.0. The Kier molecular flexibility index (Phi) is 2.53. The van der Waals surface area contributed by atoms with Crippen LogP contribution in [0.25, 0.3) is 0 Å². The fourth-order valence-corrected chi connectivity index (χ4v) is 2.05. The Morgan fingerprint density at radius 3 is 2.35 bits per heavy atom. The topological polar surface area (TPSA) is 100 Å². The first-order valence-electron chi connectivity index (χ1n) is 5.61. The van der Waals surface area contributed by atoms with Gasteiger partial charge in [0.2, 0.25) is 0 Å². The summed E-state index contributed by atoms with van der Waals surface area (Å²) >= 11 is 0. The molecule has 20 heavy (non-hydrogen) atoms. The van der Waals surface area contributed by atoms with Gasteiger partial charge >= 0.3 is 5.97 Å². The summed E-state index contributed by atoms with van der Waals surface area (Å²) in [4.78, 5) is 44.0. The van der Waals surface area contributed by atoms with E-state index in [1.54, 1.807) is 0 Å². The van der Waals surface area contributed by atoms with Gasteiger partial charge in [0.25, 0.3) is 11.8 Å². The van der Waals surface area contributed by atoms with Crippen LogP contribution in [0.4, 0.5) is 5.69 Å². The molecule has 0 fully saturated rings. The maximum absolute atomic E-state index is 12.2. The highest BCUT2D eigenvalue weighted by Crippen LogP contribution is 2.29. The second kappa shape index (κ2) is 4.23. The Bertz CT molecular complexity index is 722. The molecule has 0 unspecified atom stereocenters. The van der Waals surface area contributed by atoms with Crippen LogP contribution in [0.1, 0.15) is 31.1 Å². The lowest BCUT2D eigenvalue weighted by molar-refractivity contribution is 0.0697. The predicted octanol–water partition coefficient (Wildman–Crippen LogP) is 0.975. The average Bonchev–Trinajstić information content (AvgIpc) is 2.71. The number of hydrogen-bond acceptors (Lipinski definition) is 5. The van der Waals surface area contributed by atoms with Gasteiger partial charge < -0.3 is 5.11 Å². The Balaban J connectivity index is 2.17. The molecule has 0 saturated heterocycles. The van der Waals surface area contributed by atoms with Crippen LogP contribution in [0.5, 0.6) is 0 Å². The van der Waals surface area contributed by atoms with E-state index in [4.69, 9.17) is 5.11 Å². The molecule has 2 aromatic heterocycles. The number of aromatic nitrogens is 2. The number of carboxylic acids is 1. The maximum Gasteiger partial charge on any atom is 0.337 e. The van der Waals surface area contributed by atoms with Crippen molar-refractivity contribution in [1.29, 1.82) is 0 Å². The largest absolute Gasteiger partial charge is 0.478 e. The molecule has 3 heterocycles. The highest BCUT2D eigenvalue weighted by Gasteiger charge is 2.38.